The van der Waals surface area contributed by atoms with Crippen LogP contribution in [0.15, 0.2) is 34.9 Å². The van der Waals surface area contributed by atoms with Crippen LogP contribution in [0.1, 0.15) is 37.9 Å². The highest BCUT2D eigenvalue weighted by Gasteiger charge is 2.40. The summed E-state index contributed by atoms with van der Waals surface area (Å²) < 4.78 is 5.46. The zero-order valence-electron chi connectivity index (χ0n) is 13.5. The summed E-state index contributed by atoms with van der Waals surface area (Å²) in [6, 6.07) is 9.99. The van der Waals surface area contributed by atoms with Crippen molar-refractivity contribution in [2.45, 2.75) is 44.2 Å². The molecule has 5 heteroatoms. The van der Waals surface area contributed by atoms with E-state index in [2.05, 4.69) is 20.4 Å². The first-order valence-corrected chi connectivity index (χ1v) is 8.70. The van der Waals surface area contributed by atoms with Gasteiger partial charge in [-0.15, -0.1) is 0 Å². The Kier molecular flexibility index (Phi) is 4.14. The van der Waals surface area contributed by atoms with Crippen molar-refractivity contribution < 1.29 is 4.52 Å². The molecule has 2 aliphatic rings. The predicted molar refractivity (Wildman–Crippen MR) is 88.8 cm³/mol. The lowest BCUT2D eigenvalue weighted by atomic mass is 9.79. The highest BCUT2D eigenvalue weighted by molar-refractivity contribution is 5.51. The summed E-state index contributed by atoms with van der Waals surface area (Å²) >= 11 is 0. The van der Waals surface area contributed by atoms with Crippen molar-refractivity contribution in [1.82, 2.24) is 20.4 Å². The van der Waals surface area contributed by atoms with Gasteiger partial charge < -0.3 is 9.84 Å². The molecule has 1 aliphatic heterocycles. The van der Waals surface area contributed by atoms with Gasteiger partial charge in [0.2, 0.25) is 0 Å². The smallest absolute Gasteiger partial charge is 0.257 e. The van der Waals surface area contributed by atoms with Gasteiger partial charge >= 0.3 is 0 Å². The average molecular weight is 312 g/mol. The normalized spacial score (nSPS) is 21.6. The number of hydrogen-bond donors (Lipinski definition) is 1. The van der Waals surface area contributed by atoms with Crippen molar-refractivity contribution >= 4 is 0 Å². The van der Waals surface area contributed by atoms with Crippen molar-refractivity contribution in [2.75, 3.05) is 19.6 Å². The van der Waals surface area contributed by atoms with E-state index in [1.54, 1.807) is 0 Å². The summed E-state index contributed by atoms with van der Waals surface area (Å²) in [6.07, 6.45) is 6.60. The molecule has 1 aliphatic carbocycles. The second-order valence-electron chi connectivity index (χ2n) is 6.77. The van der Waals surface area contributed by atoms with Gasteiger partial charge in [-0.3, -0.25) is 4.90 Å². The van der Waals surface area contributed by atoms with Crippen LogP contribution >= 0.6 is 0 Å². The minimum Gasteiger partial charge on any atom is -0.334 e. The predicted octanol–water partition coefficient (Wildman–Crippen LogP) is 2.84. The van der Waals surface area contributed by atoms with E-state index in [9.17, 15) is 0 Å². The molecule has 1 aromatic heterocycles. The Morgan fingerprint density at radius 3 is 2.78 bits per heavy atom. The van der Waals surface area contributed by atoms with Gasteiger partial charge in [0, 0.05) is 30.7 Å². The van der Waals surface area contributed by atoms with Crippen LogP contribution in [-0.2, 0) is 6.54 Å². The van der Waals surface area contributed by atoms with E-state index >= 15 is 0 Å². The van der Waals surface area contributed by atoms with E-state index in [4.69, 9.17) is 4.52 Å². The molecule has 0 atom stereocenters. The Morgan fingerprint density at radius 2 is 1.96 bits per heavy atom. The SMILES string of the molecule is c1ccc(-c2nc(CN3CCNCC34CCCCC4)no2)cc1. The maximum absolute atomic E-state index is 5.46. The summed E-state index contributed by atoms with van der Waals surface area (Å²) in [7, 11) is 0. The molecule has 1 saturated heterocycles. The third-order valence-electron chi connectivity index (χ3n) is 5.29. The van der Waals surface area contributed by atoms with Crippen LogP contribution in [0.5, 0.6) is 0 Å². The fraction of sp³-hybridized carbons (Fsp3) is 0.556. The van der Waals surface area contributed by atoms with Gasteiger partial charge in [-0.25, -0.2) is 0 Å². The van der Waals surface area contributed by atoms with Crippen LogP contribution < -0.4 is 5.32 Å². The van der Waals surface area contributed by atoms with E-state index in [1.807, 2.05) is 30.3 Å². The maximum atomic E-state index is 5.46. The number of hydrogen-bond acceptors (Lipinski definition) is 5. The van der Waals surface area contributed by atoms with E-state index in [0.29, 0.717) is 11.4 Å². The summed E-state index contributed by atoms with van der Waals surface area (Å²) in [5.41, 5.74) is 1.28. The van der Waals surface area contributed by atoms with Crippen molar-refractivity contribution in [1.29, 1.82) is 0 Å². The highest BCUT2D eigenvalue weighted by Crippen LogP contribution is 2.35. The molecule has 0 unspecified atom stereocenters. The number of nitrogens with zero attached hydrogens (tertiary/aromatic N) is 3. The van der Waals surface area contributed by atoms with E-state index < -0.39 is 0 Å². The largest absolute Gasteiger partial charge is 0.334 e. The summed E-state index contributed by atoms with van der Waals surface area (Å²) in [5, 5.41) is 7.80. The molecule has 5 nitrogen and oxygen atoms in total. The van der Waals surface area contributed by atoms with Crippen molar-refractivity contribution in [3.63, 3.8) is 0 Å². The monoisotopic (exact) mass is 312 g/mol. The minimum atomic E-state index is 0.296. The number of nitrogens with one attached hydrogen (secondary N) is 1. The number of rotatable bonds is 3. The van der Waals surface area contributed by atoms with Crippen LogP contribution in [0, 0.1) is 0 Å². The molecule has 2 heterocycles. The molecule has 4 rings (SSSR count). The lowest BCUT2D eigenvalue weighted by Gasteiger charge is -2.49. The second-order valence-corrected chi connectivity index (χ2v) is 6.77. The second kappa shape index (κ2) is 6.42. The Morgan fingerprint density at radius 1 is 1.13 bits per heavy atom. The van der Waals surface area contributed by atoms with Gasteiger partial charge in [-0.1, -0.05) is 42.6 Å². The first-order chi connectivity index (χ1) is 11.4. The molecule has 1 saturated carbocycles. The lowest BCUT2D eigenvalue weighted by Crippen LogP contribution is -2.61. The Labute approximate surface area is 137 Å². The zero-order valence-corrected chi connectivity index (χ0v) is 13.5. The molecule has 2 aromatic rings. The Balaban J connectivity index is 1.51. The maximum Gasteiger partial charge on any atom is 0.257 e. The van der Waals surface area contributed by atoms with Crippen molar-refractivity contribution in [2.24, 2.45) is 0 Å². The number of benzene rings is 1. The molecule has 0 bridgehead atoms. The molecule has 1 N–H and O–H groups in total. The molecule has 0 amide bonds. The van der Waals surface area contributed by atoms with Crippen LogP contribution in [0.2, 0.25) is 0 Å². The van der Waals surface area contributed by atoms with Crippen molar-refractivity contribution in [3.05, 3.63) is 36.2 Å². The van der Waals surface area contributed by atoms with Crippen LogP contribution in [0.3, 0.4) is 0 Å². The van der Waals surface area contributed by atoms with E-state index in [-0.39, 0.29) is 0 Å². The minimum absolute atomic E-state index is 0.296. The fourth-order valence-electron chi connectivity index (χ4n) is 4.02. The zero-order chi connectivity index (χ0) is 15.5. The van der Waals surface area contributed by atoms with E-state index in [1.165, 1.54) is 32.1 Å². The summed E-state index contributed by atoms with van der Waals surface area (Å²) in [5.74, 6) is 1.42. The van der Waals surface area contributed by atoms with Crippen LogP contribution in [-0.4, -0.2) is 40.2 Å². The molecular weight excluding hydrogens is 288 g/mol. The van der Waals surface area contributed by atoms with Gasteiger partial charge in [0.25, 0.3) is 5.89 Å². The Hall–Kier alpha value is -1.72. The van der Waals surface area contributed by atoms with Gasteiger partial charge in [0.1, 0.15) is 0 Å². The van der Waals surface area contributed by atoms with Crippen LogP contribution in [0.25, 0.3) is 11.5 Å². The van der Waals surface area contributed by atoms with Gasteiger partial charge in [0.15, 0.2) is 5.82 Å². The quantitative estimate of drug-likeness (QED) is 0.944. The van der Waals surface area contributed by atoms with Gasteiger partial charge in [-0.05, 0) is 25.0 Å². The summed E-state index contributed by atoms with van der Waals surface area (Å²) in [6.45, 7) is 3.99. The van der Waals surface area contributed by atoms with Crippen LogP contribution in [0.4, 0.5) is 0 Å². The number of piperazine rings is 1. The van der Waals surface area contributed by atoms with Crippen molar-refractivity contribution in [3.8, 4) is 11.5 Å². The molecule has 1 spiro atoms. The molecule has 0 radical (unpaired) electrons. The molecule has 122 valence electrons. The standard InChI is InChI=1S/C18H24N4O/c1-3-7-15(8-4-1)17-20-16(21-23-17)13-22-12-11-19-14-18(22)9-5-2-6-10-18/h1,3-4,7-8,19H,2,5-6,9-14H2. The molecule has 23 heavy (non-hydrogen) atoms. The first kappa shape index (κ1) is 14.8. The van der Waals surface area contributed by atoms with Gasteiger partial charge in [0.05, 0.1) is 6.54 Å². The Bertz CT molecular complexity index is 625. The number of aromatic nitrogens is 2. The molecular formula is C18H24N4O. The topological polar surface area (TPSA) is 54.2 Å². The lowest BCUT2D eigenvalue weighted by molar-refractivity contribution is 0.0184. The van der Waals surface area contributed by atoms with Gasteiger partial charge in [-0.2, -0.15) is 4.98 Å². The average Bonchev–Trinajstić information content (AvgIpc) is 3.07. The third-order valence-corrected chi connectivity index (χ3v) is 5.29. The first-order valence-electron chi connectivity index (χ1n) is 8.70. The van der Waals surface area contributed by atoms with E-state index in [0.717, 1.165) is 37.6 Å². The summed E-state index contributed by atoms with van der Waals surface area (Å²) in [4.78, 5) is 7.20. The fourth-order valence-corrected chi connectivity index (χ4v) is 4.02. The molecule has 2 fully saturated rings. The third kappa shape index (κ3) is 3.03. The highest BCUT2D eigenvalue weighted by atomic mass is 16.5. The molecule has 1 aromatic carbocycles.